The van der Waals surface area contributed by atoms with E-state index in [1.165, 1.54) is 10.9 Å². The number of benzene rings is 1. The second kappa shape index (κ2) is 4.45. The van der Waals surface area contributed by atoms with Gasteiger partial charge in [-0.15, -0.1) is 11.3 Å². The second-order valence-corrected chi connectivity index (χ2v) is 6.22. The lowest BCUT2D eigenvalue weighted by Gasteiger charge is -2.03. The summed E-state index contributed by atoms with van der Waals surface area (Å²) in [6.07, 6.45) is 0. The van der Waals surface area contributed by atoms with Gasteiger partial charge in [0.25, 0.3) is 0 Å². The third kappa shape index (κ3) is 2.29. The van der Waals surface area contributed by atoms with Crippen molar-refractivity contribution < 1.29 is 5.11 Å². The van der Waals surface area contributed by atoms with Crippen LogP contribution in [0.25, 0.3) is 10.1 Å². The molecule has 1 heterocycles. The first-order valence-electron chi connectivity index (χ1n) is 4.98. The molecule has 1 aromatic heterocycles. The lowest BCUT2D eigenvalue weighted by Crippen LogP contribution is -1.87. The van der Waals surface area contributed by atoms with Crippen LogP contribution in [0.3, 0.4) is 0 Å². The standard InChI is InChI=1S/C12H14OS2/c1-8(2)14-6-9-7-15-12-10(9)4-3-5-11(12)13/h3-5,7-8,13H,6H2,1-2H3. The molecule has 0 aliphatic rings. The smallest absolute Gasteiger partial charge is 0.133 e. The molecule has 0 amide bonds. The first-order valence-corrected chi connectivity index (χ1v) is 6.91. The Bertz CT molecular complexity index is 460. The molecule has 3 heteroatoms. The van der Waals surface area contributed by atoms with E-state index in [1.807, 2.05) is 17.8 Å². The summed E-state index contributed by atoms with van der Waals surface area (Å²) in [4.78, 5) is 0. The molecular weight excluding hydrogens is 224 g/mol. The van der Waals surface area contributed by atoms with E-state index in [4.69, 9.17) is 0 Å². The highest BCUT2D eigenvalue weighted by molar-refractivity contribution is 7.99. The van der Waals surface area contributed by atoms with Crippen LogP contribution in [0, 0.1) is 0 Å². The molecule has 0 saturated carbocycles. The van der Waals surface area contributed by atoms with Crippen molar-refractivity contribution in [3.05, 3.63) is 29.1 Å². The van der Waals surface area contributed by atoms with E-state index in [0.29, 0.717) is 11.0 Å². The Balaban J connectivity index is 2.33. The maximum atomic E-state index is 9.67. The molecule has 1 N–H and O–H groups in total. The number of aromatic hydroxyl groups is 1. The maximum absolute atomic E-state index is 9.67. The van der Waals surface area contributed by atoms with Crippen molar-refractivity contribution in [1.82, 2.24) is 0 Å². The van der Waals surface area contributed by atoms with E-state index in [1.54, 1.807) is 17.4 Å². The summed E-state index contributed by atoms with van der Waals surface area (Å²) in [6.45, 7) is 4.41. The van der Waals surface area contributed by atoms with Crippen molar-refractivity contribution >= 4 is 33.2 Å². The van der Waals surface area contributed by atoms with E-state index in [9.17, 15) is 5.11 Å². The van der Waals surface area contributed by atoms with Crippen LogP contribution < -0.4 is 0 Å². The predicted octanol–water partition coefficient (Wildman–Crippen LogP) is 4.25. The summed E-state index contributed by atoms with van der Waals surface area (Å²) in [5.74, 6) is 1.43. The number of thioether (sulfide) groups is 1. The molecule has 15 heavy (non-hydrogen) atoms. The fraction of sp³-hybridized carbons (Fsp3) is 0.333. The van der Waals surface area contributed by atoms with E-state index < -0.39 is 0 Å². The normalized spacial score (nSPS) is 11.4. The van der Waals surface area contributed by atoms with Crippen LogP contribution in [0.2, 0.25) is 0 Å². The molecule has 80 valence electrons. The van der Waals surface area contributed by atoms with Gasteiger partial charge in [0.15, 0.2) is 0 Å². The highest BCUT2D eigenvalue weighted by atomic mass is 32.2. The number of hydrogen-bond donors (Lipinski definition) is 1. The molecule has 0 spiro atoms. The zero-order chi connectivity index (χ0) is 10.8. The Morgan fingerprint density at radius 1 is 1.40 bits per heavy atom. The predicted molar refractivity (Wildman–Crippen MR) is 69.9 cm³/mol. The van der Waals surface area contributed by atoms with Gasteiger partial charge in [-0.1, -0.05) is 26.0 Å². The average molecular weight is 238 g/mol. The van der Waals surface area contributed by atoms with E-state index in [2.05, 4.69) is 25.3 Å². The highest BCUT2D eigenvalue weighted by Crippen LogP contribution is 2.35. The number of fused-ring (bicyclic) bond motifs is 1. The molecule has 0 atom stereocenters. The first kappa shape index (κ1) is 10.8. The average Bonchev–Trinajstić information content (AvgIpc) is 2.59. The molecule has 0 bridgehead atoms. The fourth-order valence-electron chi connectivity index (χ4n) is 1.46. The Hall–Kier alpha value is -0.670. The minimum Gasteiger partial charge on any atom is -0.506 e. The van der Waals surface area contributed by atoms with E-state index in [0.717, 1.165) is 10.5 Å². The third-order valence-electron chi connectivity index (χ3n) is 2.23. The van der Waals surface area contributed by atoms with Gasteiger partial charge in [-0.25, -0.2) is 0 Å². The summed E-state index contributed by atoms with van der Waals surface area (Å²) in [5.41, 5.74) is 1.34. The fourth-order valence-corrected chi connectivity index (χ4v) is 3.31. The number of hydrogen-bond acceptors (Lipinski definition) is 3. The van der Waals surface area contributed by atoms with Crippen molar-refractivity contribution in [1.29, 1.82) is 0 Å². The highest BCUT2D eigenvalue weighted by Gasteiger charge is 2.07. The first-order chi connectivity index (χ1) is 7.18. The molecule has 0 aliphatic heterocycles. The van der Waals surface area contributed by atoms with Crippen molar-refractivity contribution in [2.75, 3.05) is 0 Å². The molecule has 0 aliphatic carbocycles. The summed E-state index contributed by atoms with van der Waals surface area (Å²) < 4.78 is 1.01. The number of rotatable bonds is 3. The molecular formula is C12H14OS2. The monoisotopic (exact) mass is 238 g/mol. The van der Waals surface area contributed by atoms with Crippen molar-refractivity contribution in [2.24, 2.45) is 0 Å². The van der Waals surface area contributed by atoms with Gasteiger partial charge in [-0.2, -0.15) is 11.8 Å². The third-order valence-corrected chi connectivity index (χ3v) is 4.44. The molecule has 2 aromatic rings. The zero-order valence-electron chi connectivity index (χ0n) is 8.86. The molecule has 0 fully saturated rings. The van der Waals surface area contributed by atoms with Gasteiger partial charge >= 0.3 is 0 Å². The quantitative estimate of drug-likeness (QED) is 0.862. The number of phenolic OH excluding ortho intramolecular Hbond substituents is 1. The van der Waals surface area contributed by atoms with Crippen LogP contribution in [0.5, 0.6) is 5.75 Å². The van der Waals surface area contributed by atoms with Crippen LogP contribution in [-0.4, -0.2) is 10.4 Å². The Labute approximate surface area is 98.1 Å². The minimum absolute atomic E-state index is 0.401. The van der Waals surface area contributed by atoms with Crippen LogP contribution in [0.4, 0.5) is 0 Å². The van der Waals surface area contributed by atoms with Crippen molar-refractivity contribution in [3.8, 4) is 5.75 Å². The number of thiophene rings is 1. The van der Waals surface area contributed by atoms with Gasteiger partial charge in [-0.05, 0) is 22.3 Å². The van der Waals surface area contributed by atoms with Crippen LogP contribution in [0.1, 0.15) is 19.4 Å². The van der Waals surface area contributed by atoms with E-state index >= 15 is 0 Å². The van der Waals surface area contributed by atoms with Gasteiger partial charge in [0.05, 0.1) is 4.70 Å². The van der Waals surface area contributed by atoms with Gasteiger partial charge in [0.1, 0.15) is 5.75 Å². The van der Waals surface area contributed by atoms with E-state index in [-0.39, 0.29) is 0 Å². The van der Waals surface area contributed by atoms with Gasteiger partial charge < -0.3 is 5.11 Å². The van der Waals surface area contributed by atoms with Crippen LogP contribution in [0.15, 0.2) is 23.6 Å². The second-order valence-electron chi connectivity index (χ2n) is 3.77. The zero-order valence-corrected chi connectivity index (χ0v) is 10.5. The lowest BCUT2D eigenvalue weighted by molar-refractivity contribution is 0.482. The van der Waals surface area contributed by atoms with Gasteiger partial charge in [0, 0.05) is 11.1 Å². The topological polar surface area (TPSA) is 20.2 Å². The van der Waals surface area contributed by atoms with Crippen LogP contribution >= 0.6 is 23.1 Å². The molecule has 2 rings (SSSR count). The summed E-state index contributed by atoms with van der Waals surface area (Å²) in [6, 6.07) is 5.74. The SMILES string of the molecule is CC(C)SCc1csc2c(O)cccc12. The van der Waals surface area contributed by atoms with Gasteiger partial charge in [0.2, 0.25) is 0 Å². The van der Waals surface area contributed by atoms with Crippen LogP contribution in [-0.2, 0) is 5.75 Å². The van der Waals surface area contributed by atoms with Gasteiger partial charge in [-0.3, -0.25) is 0 Å². The largest absolute Gasteiger partial charge is 0.506 e. The molecule has 0 saturated heterocycles. The summed E-state index contributed by atoms with van der Waals surface area (Å²) in [7, 11) is 0. The Morgan fingerprint density at radius 2 is 2.20 bits per heavy atom. The van der Waals surface area contributed by atoms with Crippen molar-refractivity contribution in [3.63, 3.8) is 0 Å². The lowest BCUT2D eigenvalue weighted by atomic mass is 10.2. The molecule has 1 aromatic carbocycles. The van der Waals surface area contributed by atoms with Crippen molar-refractivity contribution in [2.45, 2.75) is 24.9 Å². The number of phenols is 1. The molecule has 0 unspecified atom stereocenters. The molecule has 1 nitrogen and oxygen atoms in total. The Kier molecular flexibility index (Phi) is 3.22. The summed E-state index contributed by atoms with van der Waals surface area (Å²) >= 11 is 3.56. The maximum Gasteiger partial charge on any atom is 0.133 e. The molecule has 0 radical (unpaired) electrons. The minimum atomic E-state index is 0.401. The Morgan fingerprint density at radius 3 is 2.93 bits per heavy atom. The summed E-state index contributed by atoms with van der Waals surface area (Å²) in [5, 5.41) is 13.7.